The van der Waals surface area contributed by atoms with Crippen molar-refractivity contribution in [2.75, 3.05) is 38.1 Å². The number of hydrogen-bond acceptors (Lipinski definition) is 6. The molecule has 4 rings (SSSR count). The number of hydrogen-bond donors (Lipinski definition) is 0. The van der Waals surface area contributed by atoms with Crippen molar-refractivity contribution in [3.63, 3.8) is 0 Å². The molecule has 1 saturated heterocycles. The summed E-state index contributed by atoms with van der Waals surface area (Å²) in [5, 5.41) is 0. The van der Waals surface area contributed by atoms with E-state index in [0.29, 0.717) is 24.5 Å². The molecule has 1 aromatic carbocycles. The Labute approximate surface area is 161 Å². The summed E-state index contributed by atoms with van der Waals surface area (Å²) < 4.78 is 27.3. The molecule has 0 aliphatic carbocycles. The third-order valence-corrected chi connectivity index (χ3v) is 4.83. The van der Waals surface area contributed by atoms with E-state index in [4.69, 9.17) is 0 Å². The minimum Gasteiger partial charge on any atom is -0.367 e. The average Bonchev–Trinajstić information content (AvgIpc) is 2.72. The standard InChI is InChI=1S/C20H20F2N6/c1-27-6-8-28(9-7-27)19-15(20(21)22)12-23-13-18(19)26-11-14-2-3-16-17(10-14)25-5-4-24-16/h2-5,10-13,20H,6-9H2,1H3. The van der Waals surface area contributed by atoms with Crippen LogP contribution in [0.5, 0.6) is 0 Å². The van der Waals surface area contributed by atoms with E-state index in [2.05, 4.69) is 24.8 Å². The molecule has 0 unspecified atom stereocenters. The van der Waals surface area contributed by atoms with Crippen LogP contribution in [0.1, 0.15) is 17.6 Å². The lowest BCUT2D eigenvalue weighted by Crippen LogP contribution is -2.44. The van der Waals surface area contributed by atoms with Gasteiger partial charge in [0.2, 0.25) is 0 Å². The van der Waals surface area contributed by atoms with Crippen molar-refractivity contribution in [3.05, 3.63) is 54.1 Å². The van der Waals surface area contributed by atoms with Crippen LogP contribution in [-0.2, 0) is 0 Å². The normalized spacial score (nSPS) is 15.8. The summed E-state index contributed by atoms with van der Waals surface area (Å²) in [5.41, 5.74) is 3.20. The quantitative estimate of drug-likeness (QED) is 0.647. The maximum absolute atomic E-state index is 13.6. The summed E-state index contributed by atoms with van der Waals surface area (Å²) in [7, 11) is 2.03. The molecule has 8 heteroatoms. The minimum atomic E-state index is -2.60. The van der Waals surface area contributed by atoms with Crippen molar-refractivity contribution in [1.29, 1.82) is 0 Å². The zero-order valence-corrected chi connectivity index (χ0v) is 15.5. The van der Waals surface area contributed by atoms with Gasteiger partial charge in [0.05, 0.1) is 28.5 Å². The van der Waals surface area contributed by atoms with Gasteiger partial charge in [0.1, 0.15) is 5.69 Å². The van der Waals surface area contributed by atoms with Gasteiger partial charge >= 0.3 is 0 Å². The van der Waals surface area contributed by atoms with Crippen molar-refractivity contribution in [1.82, 2.24) is 19.9 Å². The summed E-state index contributed by atoms with van der Waals surface area (Å²) in [6.45, 7) is 2.98. The summed E-state index contributed by atoms with van der Waals surface area (Å²) in [5.74, 6) is 0. The highest BCUT2D eigenvalue weighted by Crippen LogP contribution is 2.37. The number of anilines is 1. The van der Waals surface area contributed by atoms with Gasteiger partial charge in [0.25, 0.3) is 6.43 Å². The Morgan fingerprint density at radius 1 is 1.04 bits per heavy atom. The smallest absolute Gasteiger partial charge is 0.267 e. The average molecular weight is 382 g/mol. The number of aromatic nitrogens is 3. The second-order valence-corrected chi connectivity index (χ2v) is 6.75. The number of fused-ring (bicyclic) bond motifs is 1. The van der Waals surface area contributed by atoms with Crippen molar-refractivity contribution < 1.29 is 8.78 Å². The fraction of sp³-hybridized carbons (Fsp3) is 0.300. The van der Waals surface area contributed by atoms with Crippen LogP contribution in [0.2, 0.25) is 0 Å². The largest absolute Gasteiger partial charge is 0.367 e. The van der Waals surface area contributed by atoms with Crippen LogP contribution >= 0.6 is 0 Å². The molecule has 1 aliphatic rings. The Kier molecular flexibility index (Phi) is 5.21. The molecular formula is C20H20F2N6. The molecule has 0 radical (unpaired) electrons. The lowest BCUT2D eigenvalue weighted by Gasteiger charge is -2.35. The highest BCUT2D eigenvalue weighted by atomic mass is 19.3. The molecule has 2 aromatic heterocycles. The Hall–Kier alpha value is -3.00. The van der Waals surface area contributed by atoms with Gasteiger partial charge in [-0.3, -0.25) is 19.9 Å². The molecule has 3 heterocycles. The first-order chi connectivity index (χ1) is 13.6. The van der Waals surface area contributed by atoms with Gasteiger partial charge in [0, 0.05) is 51.0 Å². The van der Waals surface area contributed by atoms with Crippen LogP contribution < -0.4 is 4.90 Å². The SMILES string of the molecule is CN1CCN(c2c(N=Cc3ccc4nccnc4c3)cncc2C(F)F)CC1. The van der Waals surface area contributed by atoms with E-state index >= 15 is 0 Å². The summed E-state index contributed by atoms with van der Waals surface area (Å²) in [4.78, 5) is 21.2. The van der Waals surface area contributed by atoms with E-state index in [1.54, 1.807) is 18.6 Å². The third-order valence-electron chi connectivity index (χ3n) is 4.83. The molecule has 3 aromatic rings. The number of benzene rings is 1. The van der Waals surface area contributed by atoms with E-state index in [1.807, 2.05) is 30.1 Å². The number of piperazine rings is 1. The number of likely N-dealkylation sites (N-methyl/N-ethyl adjacent to an activating group) is 1. The molecule has 0 saturated carbocycles. The maximum atomic E-state index is 13.6. The zero-order chi connectivity index (χ0) is 19.5. The molecule has 0 N–H and O–H groups in total. The molecular weight excluding hydrogens is 362 g/mol. The first-order valence-electron chi connectivity index (χ1n) is 9.06. The first kappa shape index (κ1) is 18.4. The van der Waals surface area contributed by atoms with Gasteiger partial charge in [-0.15, -0.1) is 0 Å². The van der Waals surface area contributed by atoms with Crippen LogP contribution in [0, 0.1) is 0 Å². The monoisotopic (exact) mass is 382 g/mol. The molecule has 0 amide bonds. The third kappa shape index (κ3) is 3.82. The van der Waals surface area contributed by atoms with Crippen molar-refractivity contribution in [3.8, 4) is 0 Å². The molecule has 1 aliphatic heterocycles. The fourth-order valence-corrected chi connectivity index (χ4v) is 3.29. The van der Waals surface area contributed by atoms with Crippen molar-refractivity contribution in [2.24, 2.45) is 4.99 Å². The van der Waals surface area contributed by atoms with Crippen LogP contribution in [0.25, 0.3) is 11.0 Å². The molecule has 144 valence electrons. The van der Waals surface area contributed by atoms with Gasteiger partial charge in [-0.1, -0.05) is 6.07 Å². The van der Waals surface area contributed by atoms with E-state index in [-0.39, 0.29) is 5.56 Å². The highest BCUT2D eigenvalue weighted by Gasteiger charge is 2.24. The fourth-order valence-electron chi connectivity index (χ4n) is 3.29. The van der Waals surface area contributed by atoms with Crippen LogP contribution in [0.4, 0.5) is 20.2 Å². The summed E-state index contributed by atoms with van der Waals surface area (Å²) >= 11 is 0. The zero-order valence-electron chi connectivity index (χ0n) is 15.5. The van der Waals surface area contributed by atoms with Crippen LogP contribution in [-0.4, -0.2) is 59.3 Å². The second kappa shape index (κ2) is 7.93. The van der Waals surface area contributed by atoms with Gasteiger partial charge in [-0.05, 0) is 24.7 Å². The topological polar surface area (TPSA) is 57.5 Å². The number of halogens is 2. The first-order valence-corrected chi connectivity index (χ1v) is 9.06. The van der Waals surface area contributed by atoms with E-state index in [9.17, 15) is 8.78 Å². The van der Waals surface area contributed by atoms with Crippen molar-refractivity contribution in [2.45, 2.75) is 6.43 Å². The molecule has 0 atom stereocenters. The summed E-state index contributed by atoms with van der Waals surface area (Å²) in [6, 6.07) is 5.60. The molecule has 28 heavy (non-hydrogen) atoms. The molecule has 1 fully saturated rings. The maximum Gasteiger partial charge on any atom is 0.267 e. The van der Waals surface area contributed by atoms with Gasteiger partial charge in [-0.25, -0.2) is 8.78 Å². The lowest BCUT2D eigenvalue weighted by molar-refractivity contribution is 0.151. The molecule has 6 nitrogen and oxygen atoms in total. The summed E-state index contributed by atoms with van der Waals surface area (Å²) in [6.07, 6.45) is 5.10. The van der Waals surface area contributed by atoms with Gasteiger partial charge in [0.15, 0.2) is 0 Å². The number of aliphatic imine (C=N–C) groups is 1. The molecule has 0 bridgehead atoms. The van der Waals surface area contributed by atoms with E-state index < -0.39 is 6.43 Å². The Morgan fingerprint density at radius 3 is 2.54 bits per heavy atom. The van der Waals surface area contributed by atoms with Crippen LogP contribution in [0.3, 0.4) is 0 Å². The second-order valence-electron chi connectivity index (χ2n) is 6.75. The Morgan fingerprint density at radius 2 is 1.79 bits per heavy atom. The van der Waals surface area contributed by atoms with Gasteiger partial charge in [-0.2, -0.15) is 0 Å². The van der Waals surface area contributed by atoms with Gasteiger partial charge < -0.3 is 9.80 Å². The Balaban J connectivity index is 1.69. The lowest BCUT2D eigenvalue weighted by atomic mass is 10.1. The van der Waals surface area contributed by atoms with E-state index in [0.717, 1.165) is 29.7 Å². The number of rotatable bonds is 4. The minimum absolute atomic E-state index is 0.0800. The number of alkyl halides is 2. The van der Waals surface area contributed by atoms with Crippen molar-refractivity contribution >= 4 is 28.6 Å². The van der Waals surface area contributed by atoms with E-state index in [1.165, 1.54) is 12.4 Å². The molecule has 0 spiro atoms. The number of pyridine rings is 1. The predicted molar refractivity (Wildman–Crippen MR) is 106 cm³/mol. The Bertz CT molecular complexity index is 999. The number of nitrogens with zero attached hydrogens (tertiary/aromatic N) is 6. The predicted octanol–water partition coefficient (Wildman–Crippen LogP) is 3.46. The highest BCUT2D eigenvalue weighted by molar-refractivity contribution is 5.89. The van der Waals surface area contributed by atoms with Crippen LogP contribution in [0.15, 0.2) is 48.0 Å².